The Labute approximate surface area is 114 Å². The molecular weight excluding hydrogens is 244 g/mol. The lowest BCUT2D eigenvalue weighted by Crippen LogP contribution is -2.61. The number of aliphatic hydroxyl groups excluding tert-OH is 2. The molecule has 2 N–H and O–H groups in total. The van der Waals surface area contributed by atoms with Crippen molar-refractivity contribution in [3.8, 4) is 0 Å². The van der Waals surface area contributed by atoms with Gasteiger partial charge in [-0.05, 0) is 25.2 Å². The summed E-state index contributed by atoms with van der Waals surface area (Å²) >= 11 is 0. The molecule has 0 radical (unpaired) electrons. The molecule has 108 valence electrons. The largest absolute Gasteiger partial charge is 0.461 e. The van der Waals surface area contributed by atoms with Crippen molar-refractivity contribution in [2.75, 3.05) is 0 Å². The molecule has 0 aromatic heterocycles. The van der Waals surface area contributed by atoms with Gasteiger partial charge in [0.05, 0.1) is 18.1 Å². The minimum Gasteiger partial charge on any atom is -0.461 e. The Hall–Kier alpha value is -0.610. The Balaban J connectivity index is 2.01. The standard InChI is InChI=1S/C15H24O4/c1-7-4-5-10(16)15(3)11(17)6-9-8(2)14(18)19-13(9)12(7)15/h7-13,16-17H,4-6H2,1-3H3/t7?,8-,9-,10+,11-,12+,13-,15+/m0/s1. The van der Waals surface area contributed by atoms with Crippen molar-refractivity contribution in [3.05, 3.63) is 0 Å². The van der Waals surface area contributed by atoms with E-state index in [2.05, 4.69) is 6.92 Å². The number of fused-ring (bicyclic) bond motifs is 3. The van der Waals surface area contributed by atoms with E-state index in [9.17, 15) is 15.0 Å². The molecule has 3 rings (SSSR count). The van der Waals surface area contributed by atoms with Gasteiger partial charge in [-0.15, -0.1) is 0 Å². The molecule has 1 aliphatic heterocycles. The second-order valence-corrected chi connectivity index (χ2v) is 7.07. The third kappa shape index (κ3) is 1.62. The van der Waals surface area contributed by atoms with Gasteiger partial charge < -0.3 is 14.9 Å². The Kier molecular flexibility index (Phi) is 2.95. The zero-order valence-corrected chi connectivity index (χ0v) is 11.9. The Bertz CT molecular complexity index is 396. The highest BCUT2D eigenvalue weighted by atomic mass is 16.6. The summed E-state index contributed by atoms with van der Waals surface area (Å²) in [5, 5.41) is 21.0. The molecule has 1 unspecified atom stereocenters. The summed E-state index contributed by atoms with van der Waals surface area (Å²) in [5.74, 6) is 0.273. The number of carbonyl (C=O) groups excluding carboxylic acids is 1. The molecule has 2 saturated carbocycles. The third-order valence-corrected chi connectivity index (χ3v) is 6.20. The highest BCUT2D eigenvalue weighted by molar-refractivity contribution is 5.75. The van der Waals surface area contributed by atoms with E-state index in [1.165, 1.54) is 0 Å². The van der Waals surface area contributed by atoms with Crippen molar-refractivity contribution in [2.24, 2.45) is 29.1 Å². The first-order chi connectivity index (χ1) is 8.87. The summed E-state index contributed by atoms with van der Waals surface area (Å²) in [6.45, 7) is 6.02. The van der Waals surface area contributed by atoms with Gasteiger partial charge in [0, 0.05) is 17.3 Å². The lowest BCUT2D eigenvalue weighted by Gasteiger charge is -2.56. The van der Waals surface area contributed by atoms with E-state index in [1.54, 1.807) is 0 Å². The van der Waals surface area contributed by atoms with Gasteiger partial charge in [0.1, 0.15) is 6.10 Å². The zero-order chi connectivity index (χ0) is 13.9. The zero-order valence-electron chi connectivity index (χ0n) is 11.9. The normalized spacial score (nSPS) is 57.3. The van der Waals surface area contributed by atoms with Gasteiger partial charge >= 0.3 is 5.97 Å². The van der Waals surface area contributed by atoms with E-state index in [0.29, 0.717) is 12.3 Å². The first-order valence-electron chi connectivity index (χ1n) is 7.44. The van der Waals surface area contributed by atoms with Crippen LogP contribution in [0, 0.1) is 29.1 Å². The van der Waals surface area contributed by atoms with E-state index >= 15 is 0 Å². The molecule has 0 aromatic rings. The maximum absolute atomic E-state index is 11.8. The molecule has 0 bridgehead atoms. The van der Waals surface area contributed by atoms with Gasteiger partial charge in [-0.1, -0.05) is 20.8 Å². The SMILES string of the molecule is CC1CC[C@@H](O)[C@@]2(C)[C@H]1[C@H]1OC(=O)[C@@H](C)[C@@H]1C[C@@H]2O. The number of hydrogen-bond acceptors (Lipinski definition) is 4. The van der Waals surface area contributed by atoms with Crippen LogP contribution in [-0.2, 0) is 9.53 Å². The Morgan fingerprint density at radius 1 is 1.21 bits per heavy atom. The maximum atomic E-state index is 11.8. The van der Waals surface area contributed by atoms with Crippen molar-refractivity contribution in [3.63, 3.8) is 0 Å². The summed E-state index contributed by atoms with van der Waals surface area (Å²) in [4.78, 5) is 11.8. The van der Waals surface area contributed by atoms with E-state index in [0.717, 1.165) is 12.8 Å². The summed E-state index contributed by atoms with van der Waals surface area (Å²) in [5.41, 5.74) is -0.539. The van der Waals surface area contributed by atoms with Crippen LogP contribution in [-0.4, -0.2) is 34.5 Å². The van der Waals surface area contributed by atoms with Crippen molar-refractivity contribution >= 4 is 5.97 Å². The molecule has 1 saturated heterocycles. The number of carbonyl (C=O) groups is 1. The fourth-order valence-corrected chi connectivity index (χ4v) is 4.85. The number of esters is 1. The first-order valence-corrected chi connectivity index (χ1v) is 7.44. The minimum absolute atomic E-state index is 0.0684. The third-order valence-electron chi connectivity index (χ3n) is 6.20. The van der Waals surface area contributed by atoms with E-state index in [4.69, 9.17) is 4.74 Å². The molecular formula is C15H24O4. The topological polar surface area (TPSA) is 66.8 Å². The number of rotatable bonds is 0. The molecule has 4 nitrogen and oxygen atoms in total. The molecule has 3 fully saturated rings. The fraction of sp³-hybridized carbons (Fsp3) is 0.933. The Morgan fingerprint density at radius 3 is 2.58 bits per heavy atom. The van der Waals surface area contributed by atoms with Crippen LogP contribution in [0.1, 0.15) is 40.0 Å². The number of ether oxygens (including phenoxy) is 1. The van der Waals surface area contributed by atoms with Gasteiger partial charge in [-0.2, -0.15) is 0 Å². The van der Waals surface area contributed by atoms with Crippen LogP contribution in [0.5, 0.6) is 0 Å². The molecule has 0 amide bonds. The maximum Gasteiger partial charge on any atom is 0.309 e. The van der Waals surface area contributed by atoms with Crippen LogP contribution in [0.25, 0.3) is 0 Å². The lowest BCUT2D eigenvalue weighted by atomic mass is 9.51. The second-order valence-electron chi connectivity index (χ2n) is 7.07. The van der Waals surface area contributed by atoms with Crippen LogP contribution < -0.4 is 0 Å². The van der Waals surface area contributed by atoms with Crippen molar-refractivity contribution < 1.29 is 19.7 Å². The quantitative estimate of drug-likeness (QED) is 0.651. The molecule has 0 aromatic carbocycles. The van der Waals surface area contributed by atoms with Crippen molar-refractivity contribution in [2.45, 2.75) is 58.3 Å². The first kappa shape index (κ1) is 13.4. The van der Waals surface area contributed by atoms with Crippen LogP contribution in [0.2, 0.25) is 0 Å². The van der Waals surface area contributed by atoms with Crippen molar-refractivity contribution in [1.82, 2.24) is 0 Å². The van der Waals surface area contributed by atoms with Crippen LogP contribution in [0.4, 0.5) is 0 Å². The van der Waals surface area contributed by atoms with Gasteiger partial charge in [0.25, 0.3) is 0 Å². The van der Waals surface area contributed by atoms with Gasteiger partial charge in [0.15, 0.2) is 0 Å². The van der Waals surface area contributed by atoms with E-state index in [1.807, 2.05) is 13.8 Å². The highest BCUT2D eigenvalue weighted by Gasteiger charge is 2.63. The monoisotopic (exact) mass is 268 g/mol. The van der Waals surface area contributed by atoms with Crippen LogP contribution in [0.3, 0.4) is 0 Å². The predicted octanol–water partition coefficient (Wildman–Crippen LogP) is 1.34. The Morgan fingerprint density at radius 2 is 1.89 bits per heavy atom. The lowest BCUT2D eigenvalue weighted by molar-refractivity contribution is -0.203. The van der Waals surface area contributed by atoms with Gasteiger partial charge in [-0.25, -0.2) is 0 Å². The van der Waals surface area contributed by atoms with Gasteiger partial charge in [-0.3, -0.25) is 4.79 Å². The molecule has 4 heteroatoms. The smallest absolute Gasteiger partial charge is 0.309 e. The van der Waals surface area contributed by atoms with Gasteiger partial charge in [0.2, 0.25) is 0 Å². The molecule has 0 spiro atoms. The van der Waals surface area contributed by atoms with Crippen LogP contribution in [0.15, 0.2) is 0 Å². The van der Waals surface area contributed by atoms with Crippen LogP contribution >= 0.6 is 0 Å². The predicted molar refractivity (Wildman–Crippen MR) is 69.2 cm³/mol. The molecule has 2 aliphatic carbocycles. The fourth-order valence-electron chi connectivity index (χ4n) is 4.85. The molecule has 1 heterocycles. The van der Waals surface area contributed by atoms with Crippen molar-refractivity contribution in [1.29, 1.82) is 0 Å². The summed E-state index contributed by atoms with van der Waals surface area (Å²) < 4.78 is 5.62. The number of hydrogen-bond donors (Lipinski definition) is 2. The molecule has 3 aliphatic rings. The summed E-state index contributed by atoms with van der Waals surface area (Å²) in [6, 6.07) is 0. The molecule has 19 heavy (non-hydrogen) atoms. The molecule has 8 atom stereocenters. The average Bonchev–Trinajstić information content (AvgIpc) is 2.62. The van der Waals surface area contributed by atoms with E-state index < -0.39 is 17.6 Å². The summed E-state index contributed by atoms with van der Waals surface area (Å²) in [6.07, 6.45) is 1.05. The summed E-state index contributed by atoms with van der Waals surface area (Å²) in [7, 11) is 0. The average molecular weight is 268 g/mol. The highest BCUT2D eigenvalue weighted by Crippen LogP contribution is 2.57. The second kappa shape index (κ2) is 4.19. The van der Waals surface area contributed by atoms with E-state index in [-0.39, 0.29) is 29.8 Å². The number of aliphatic hydroxyl groups is 2. The minimum atomic E-state index is -0.548.